The summed E-state index contributed by atoms with van der Waals surface area (Å²) in [6, 6.07) is 30.9. The SMILES string of the molecule is CC1=NCCN1[C@H]1CC[C@H](C(C(=O)NO[C@@](C(=O)O)(C(=O)c2ccccc2)[C@](O)(C(=O)O)C(=O)c2ccccc2)(c2ccccc2)c2ccccc2)C1. The van der Waals surface area contributed by atoms with Crippen molar-refractivity contribution in [1.82, 2.24) is 10.4 Å². The highest BCUT2D eigenvalue weighted by Gasteiger charge is 2.73. The zero-order chi connectivity index (χ0) is 37.8. The average molecular weight is 718 g/mol. The normalized spacial score (nSPS) is 19.4. The molecule has 1 saturated carbocycles. The number of nitrogens with one attached hydrogen (secondary N) is 1. The second-order valence-electron chi connectivity index (χ2n) is 13.3. The number of carbonyl (C=O) groups is 5. The summed E-state index contributed by atoms with van der Waals surface area (Å²) in [6.45, 7) is 3.33. The first-order valence-corrected chi connectivity index (χ1v) is 17.3. The number of Topliss-reactive ketones (excluding diaryl/α,β-unsaturated/α-hetero) is 2. The maximum Gasteiger partial charge on any atom is 0.351 e. The van der Waals surface area contributed by atoms with Crippen molar-refractivity contribution in [3.05, 3.63) is 144 Å². The minimum absolute atomic E-state index is 0.0325. The quantitative estimate of drug-likeness (QED) is 0.0833. The second kappa shape index (κ2) is 14.9. The van der Waals surface area contributed by atoms with Crippen LogP contribution in [0.3, 0.4) is 0 Å². The van der Waals surface area contributed by atoms with Gasteiger partial charge in [-0.05, 0) is 43.2 Å². The molecule has 0 radical (unpaired) electrons. The first-order chi connectivity index (χ1) is 25.5. The van der Waals surface area contributed by atoms with Crippen LogP contribution in [-0.4, -0.2) is 85.8 Å². The molecule has 53 heavy (non-hydrogen) atoms. The van der Waals surface area contributed by atoms with Gasteiger partial charge < -0.3 is 20.2 Å². The third-order valence-electron chi connectivity index (χ3n) is 10.5. The number of hydrogen-bond acceptors (Lipinski definition) is 9. The molecule has 4 atom stereocenters. The Balaban J connectivity index is 1.52. The van der Waals surface area contributed by atoms with E-state index in [4.69, 9.17) is 4.84 Å². The molecule has 272 valence electrons. The maximum atomic E-state index is 15.2. The summed E-state index contributed by atoms with van der Waals surface area (Å²) >= 11 is 0. The van der Waals surface area contributed by atoms with Crippen LogP contribution in [0.2, 0.25) is 0 Å². The van der Waals surface area contributed by atoms with Gasteiger partial charge in [0.2, 0.25) is 11.6 Å². The zero-order valence-electron chi connectivity index (χ0n) is 28.9. The number of nitrogens with zero attached hydrogens (tertiary/aromatic N) is 2. The van der Waals surface area contributed by atoms with Gasteiger partial charge in [0.1, 0.15) is 5.41 Å². The van der Waals surface area contributed by atoms with Gasteiger partial charge in [0.15, 0.2) is 0 Å². The van der Waals surface area contributed by atoms with Crippen LogP contribution in [0.15, 0.2) is 126 Å². The fourth-order valence-corrected chi connectivity index (χ4v) is 7.92. The van der Waals surface area contributed by atoms with Gasteiger partial charge in [-0.2, -0.15) is 0 Å². The number of aliphatic imine (C=N–C) groups is 1. The van der Waals surface area contributed by atoms with Crippen LogP contribution in [0.1, 0.15) is 58.0 Å². The molecule has 4 aromatic carbocycles. The summed E-state index contributed by atoms with van der Waals surface area (Å²) in [6.07, 6.45) is 1.77. The number of carbonyl (C=O) groups excluding carboxylic acids is 3. The number of rotatable bonds is 14. The molecule has 0 aromatic heterocycles. The Kier molecular flexibility index (Phi) is 10.4. The Morgan fingerprint density at radius 2 is 1.21 bits per heavy atom. The second-order valence-corrected chi connectivity index (χ2v) is 13.3. The van der Waals surface area contributed by atoms with Crippen molar-refractivity contribution >= 4 is 35.2 Å². The molecule has 4 aromatic rings. The van der Waals surface area contributed by atoms with Crippen molar-refractivity contribution in [1.29, 1.82) is 0 Å². The molecule has 0 spiro atoms. The Bertz CT molecular complexity index is 1990. The molecular formula is C41H39N3O9. The number of hydrogen-bond donors (Lipinski definition) is 4. The molecule has 1 heterocycles. The van der Waals surface area contributed by atoms with Crippen LogP contribution in [0.4, 0.5) is 0 Å². The third kappa shape index (κ3) is 6.19. The van der Waals surface area contributed by atoms with Crippen molar-refractivity contribution in [3.63, 3.8) is 0 Å². The predicted octanol–water partition coefficient (Wildman–Crippen LogP) is 4.33. The van der Waals surface area contributed by atoms with Crippen LogP contribution in [-0.2, 0) is 24.6 Å². The minimum Gasteiger partial charge on any atom is -0.479 e. The fraction of sp³-hybridized carbons (Fsp3) is 0.268. The van der Waals surface area contributed by atoms with Gasteiger partial charge in [0, 0.05) is 23.7 Å². The largest absolute Gasteiger partial charge is 0.479 e. The van der Waals surface area contributed by atoms with Gasteiger partial charge in [0.05, 0.1) is 12.4 Å². The molecule has 1 fully saturated rings. The molecule has 1 aliphatic carbocycles. The number of carboxylic acids is 2. The van der Waals surface area contributed by atoms with Crippen molar-refractivity contribution in [2.45, 2.75) is 48.8 Å². The fourth-order valence-electron chi connectivity index (χ4n) is 7.92. The molecule has 6 rings (SSSR count). The highest BCUT2D eigenvalue weighted by Crippen LogP contribution is 2.49. The van der Waals surface area contributed by atoms with Crippen molar-refractivity contribution < 1.29 is 44.1 Å². The molecule has 0 saturated heterocycles. The van der Waals surface area contributed by atoms with Gasteiger partial charge in [-0.3, -0.25) is 19.4 Å². The van der Waals surface area contributed by atoms with E-state index in [0.717, 1.165) is 24.5 Å². The Morgan fingerprint density at radius 3 is 1.66 bits per heavy atom. The van der Waals surface area contributed by atoms with Gasteiger partial charge in [-0.25, -0.2) is 19.9 Å². The Morgan fingerprint density at radius 1 is 0.717 bits per heavy atom. The lowest BCUT2D eigenvalue weighted by atomic mass is 9.64. The number of benzene rings is 4. The van der Waals surface area contributed by atoms with E-state index < -0.39 is 63.1 Å². The van der Waals surface area contributed by atoms with E-state index in [9.17, 15) is 34.5 Å². The summed E-state index contributed by atoms with van der Waals surface area (Å²) in [5, 5.41) is 33.5. The van der Waals surface area contributed by atoms with Crippen molar-refractivity contribution in [2.75, 3.05) is 13.1 Å². The van der Waals surface area contributed by atoms with Crippen molar-refractivity contribution in [3.8, 4) is 0 Å². The number of amidine groups is 1. The molecule has 12 heteroatoms. The standard InChI is InChI=1S/C41H39N3O9/c1-27-42-24-25-44(27)33-23-22-32(26-33)39(30-18-10-4-11-19-30,31-20-12-5-13-21-31)36(47)43-53-41(38(50)51,35(46)29-16-8-3-9-17-29)40(52,37(48)49)34(45)28-14-6-2-7-15-28/h2-21,32-33,52H,22-26H2,1H3,(H,43,47)(H,48,49)(H,50,51)/t32-,33-,40+,41+/m0/s1. The van der Waals surface area contributed by atoms with Crippen LogP contribution < -0.4 is 5.48 Å². The molecular weight excluding hydrogens is 678 g/mol. The first-order valence-electron chi connectivity index (χ1n) is 17.3. The first kappa shape index (κ1) is 36.8. The van der Waals surface area contributed by atoms with Gasteiger partial charge in [-0.15, -0.1) is 0 Å². The van der Waals surface area contributed by atoms with E-state index in [1.165, 1.54) is 48.5 Å². The lowest BCUT2D eigenvalue weighted by molar-refractivity contribution is -0.209. The smallest absolute Gasteiger partial charge is 0.351 e. The van der Waals surface area contributed by atoms with E-state index in [-0.39, 0.29) is 6.04 Å². The summed E-state index contributed by atoms with van der Waals surface area (Å²) in [7, 11) is 0. The van der Waals surface area contributed by atoms with E-state index in [1.54, 1.807) is 60.7 Å². The summed E-state index contributed by atoms with van der Waals surface area (Å²) in [4.78, 5) is 82.7. The molecule has 1 aliphatic heterocycles. The summed E-state index contributed by atoms with van der Waals surface area (Å²) in [5.74, 6) is -8.40. The van der Waals surface area contributed by atoms with E-state index in [0.29, 0.717) is 36.9 Å². The number of aliphatic carboxylic acids is 2. The number of carboxylic acid groups (broad SMARTS) is 2. The molecule has 12 nitrogen and oxygen atoms in total. The van der Waals surface area contributed by atoms with Crippen LogP contribution in [0.25, 0.3) is 0 Å². The van der Waals surface area contributed by atoms with E-state index >= 15 is 4.79 Å². The van der Waals surface area contributed by atoms with Gasteiger partial charge in [0.25, 0.3) is 11.5 Å². The number of aliphatic hydroxyl groups is 1. The number of hydroxylamine groups is 1. The van der Waals surface area contributed by atoms with Crippen LogP contribution in [0, 0.1) is 5.92 Å². The molecule has 1 amide bonds. The van der Waals surface area contributed by atoms with E-state index in [1.807, 2.05) is 6.92 Å². The summed E-state index contributed by atoms with van der Waals surface area (Å²) < 4.78 is 0. The predicted molar refractivity (Wildman–Crippen MR) is 193 cm³/mol. The van der Waals surface area contributed by atoms with Crippen LogP contribution in [0.5, 0.6) is 0 Å². The molecule has 4 N–H and O–H groups in total. The van der Waals surface area contributed by atoms with E-state index in [2.05, 4.69) is 15.4 Å². The highest BCUT2D eigenvalue weighted by atomic mass is 16.7. The maximum absolute atomic E-state index is 15.2. The molecule has 0 unspecified atom stereocenters. The Labute approximate surface area is 305 Å². The number of ketones is 2. The van der Waals surface area contributed by atoms with Crippen LogP contribution >= 0.6 is 0 Å². The molecule has 2 aliphatic rings. The van der Waals surface area contributed by atoms with Gasteiger partial charge >= 0.3 is 17.5 Å². The Hall–Kier alpha value is -5.98. The lowest BCUT2D eigenvalue weighted by Gasteiger charge is -2.42. The van der Waals surface area contributed by atoms with Crippen molar-refractivity contribution in [2.24, 2.45) is 10.9 Å². The minimum atomic E-state index is -4.09. The van der Waals surface area contributed by atoms with Gasteiger partial charge in [-0.1, -0.05) is 121 Å². The summed E-state index contributed by atoms with van der Waals surface area (Å²) in [5.41, 5.74) is -7.20. The monoisotopic (exact) mass is 717 g/mol. The lowest BCUT2D eigenvalue weighted by Crippen LogP contribution is -2.74. The third-order valence-corrected chi connectivity index (χ3v) is 10.5. The average Bonchev–Trinajstić information content (AvgIpc) is 3.85. The zero-order valence-corrected chi connectivity index (χ0v) is 28.9. The highest BCUT2D eigenvalue weighted by molar-refractivity contribution is 6.28. The number of amides is 1. The molecule has 0 bridgehead atoms. The topological polar surface area (TPSA) is 183 Å².